The number of para-hydroxylation sites is 2. The molecular formula is C15H13ClN2OS. The van der Waals surface area contributed by atoms with Crippen LogP contribution < -0.4 is 4.74 Å². The maximum Gasteiger partial charge on any atom is 0.166 e. The zero-order valence-corrected chi connectivity index (χ0v) is 12.5. The number of imidazole rings is 1. The summed E-state index contributed by atoms with van der Waals surface area (Å²) in [5, 5.41) is 1.61. The van der Waals surface area contributed by atoms with Crippen LogP contribution in [0.1, 0.15) is 5.56 Å². The molecule has 0 atom stereocenters. The highest BCUT2D eigenvalue weighted by molar-refractivity contribution is 7.98. The van der Waals surface area contributed by atoms with E-state index in [2.05, 4.69) is 9.97 Å². The predicted molar refractivity (Wildman–Crippen MR) is 83.7 cm³/mol. The van der Waals surface area contributed by atoms with Crippen LogP contribution >= 0.6 is 23.4 Å². The van der Waals surface area contributed by atoms with Gasteiger partial charge in [-0.2, -0.15) is 0 Å². The molecule has 3 rings (SSSR count). The van der Waals surface area contributed by atoms with Crippen LogP contribution in [0.15, 0.2) is 47.6 Å². The molecule has 0 amide bonds. The normalized spacial score (nSPS) is 10.9. The fourth-order valence-electron chi connectivity index (χ4n) is 2.00. The van der Waals surface area contributed by atoms with Crippen LogP contribution in [0.3, 0.4) is 0 Å². The van der Waals surface area contributed by atoms with Crippen molar-refractivity contribution in [1.82, 2.24) is 9.97 Å². The molecule has 1 N–H and O–H groups in total. The van der Waals surface area contributed by atoms with Gasteiger partial charge in [0.15, 0.2) is 5.16 Å². The summed E-state index contributed by atoms with van der Waals surface area (Å²) in [4.78, 5) is 7.84. The molecule has 3 nitrogen and oxygen atoms in total. The van der Waals surface area contributed by atoms with Crippen molar-refractivity contribution in [3.05, 3.63) is 53.1 Å². The van der Waals surface area contributed by atoms with Gasteiger partial charge in [-0.05, 0) is 30.3 Å². The summed E-state index contributed by atoms with van der Waals surface area (Å²) in [5.41, 5.74) is 3.09. The number of aromatic amines is 1. The Balaban J connectivity index is 1.80. The topological polar surface area (TPSA) is 37.9 Å². The molecule has 0 bridgehead atoms. The first-order valence-corrected chi connectivity index (χ1v) is 7.52. The van der Waals surface area contributed by atoms with E-state index in [-0.39, 0.29) is 0 Å². The first-order valence-electron chi connectivity index (χ1n) is 6.16. The van der Waals surface area contributed by atoms with Crippen LogP contribution in [0.2, 0.25) is 5.02 Å². The monoisotopic (exact) mass is 304 g/mol. The van der Waals surface area contributed by atoms with E-state index in [0.717, 1.165) is 33.3 Å². The summed E-state index contributed by atoms with van der Waals surface area (Å²) in [6, 6.07) is 13.6. The number of methoxy groups -OCH3 is 1. The number of ether oxygens (including phenoxy) is 1. The minimum Gasteiger partial charge on any atom is -0.496 e. The van der Waals surface area contributed by atoms with E-state index < -0.39 is 0 Å². The van der Waals surface area contributed by atoms with Crippen molar-refractivity contribution >= 4 is 34.4 Å². The lowest BCUT2D eigenvalue weighted by Crippen LogP contribution is -1.90. The van der Waals surface area contributed by atoms with E-state index in [4.69, 9.17) is 16.3 Å². The lowest BCUT2D eigenvalue weighted by Gasteiger charge is -2.07. The summed E-state index contributed by atoms with van der Waals surface area (Å²) in [6.45, 7) is 0. The van der Waals surface area contributed by atoms with Gasteiger partial charge in [0.05, 0.1) is 18.1 Å². The Morgan fingerprint density at radius 1 is 1.25 bits per heavy atom. The number of nitrogens with one attached hydrogen (secondary N) is 1. The number of nitrogens with zero attached hydrogens (tertiary/aromatic N) is 1. The van der Waals surface area contributed by atoms with Crippen molar-refractivity contribution in [3.63, 3.8) is 0 Å². The quantitative estimate of drug-likeness (QED) is 0.720. The SMILES string of the molecule is COc1ccc(Cl)cc1CSc1nc2ccccc2[nH]1. The minimum absolute atomic E-state index is 0.714. The van der Waals surface area contributed by atoms with Gasteiger partial charge in [0.25, 0.3) is 0 Å². The van der Waals surface area contributed by atoms with E-state index in [1.54, 1.807) is 18.9 Å². The molecule has 1 heterocycles. The summed E-state index contributed by atoms with van der Waals surface area (Å²) in [5.74, 6) is 1.60. The largest absolute Gasteiger partial charge is 0.496 e. The lowest BCUT2D eigenvalue weighted by atomic mass is 10.2. The maximum atomic E-state index is 6.03. The average Bonchev–Trinajstić information content (AvgIpc) is 2.88. The second-order valence-corrected chi connectivity index (χ2v) is 5.70. The average molecular weight is 305 g/mol. The van der Waals surface area contributed by atoms with Crippen LogP contribution in [-0.4, -0.2) is 17.1 Å². The van der Waals surface area contributed by atoms with E-state index in [1.807, 2.05) is 42.5 Å². The van der Waals surface area contributed by atoms with Gasteiger partial charge in [0.2, 0.25) is 0 Å². The number of hydrogen-bond acceptors (Lipinski definition) is 3. The molecule has 1 aromatic heterocycles. The molecule has 0 aliphatic heterocycles. The van der Waals surface area contributed by atoms with Gasteiger partial charge in [-0.3, -0.25) is 0 Å². The number of benzene rings is 2. The Bertz CT molecular complexity index is 709. The number of rotatable bonds is 4. The van der Waals surface area contributed by atoms with Crippen LogP contribution in [0.25, 0.3) is 11.0 Å². The minimum atomic E-state index is 0.714. The molecule has 0 aliphatic rings. The van der Waals surface area contributed by atoms with Crippen molar-refractivity contribution in [2.45, 2.75) is 10.9 Å². The Kier molecular flexibility index (Phi) is 3.85. The standard InChI is InChI=1S/C15H13ClN2OS/c1-19-14-7-6-11(16)8-10(14)9-20-15-17-12-4-2-3-5-13(12)18-15/h2-8H,9H2,1H3,(H,17,18). The highest BCUT2D eigenvalue weighted by Gasteiger charge is 2.07. The number of halogens is 1. The van der Waals surface area contributed by atoms with Gasteiger partial charge in [0, 0.05) is 16.3 Å². The first kappa shape index (κ1) is 13.3. The fourth-order valence-corrected chi connectivity index (χ4v) is 3.06. The van der Waals surface area contributed by atoms with Crippen molar-refractivity contribution in [2.24, 2.45) is 0 Å². The molecule has 0 saturated carbocycles. The molecule has 0 fully saturated rings. The molecule has 0 unspecified atom stereocenters. The van der Waals surface area contributed by atoms with Crippen LogP contribution in [0.5, 0.6) is 5.75 Å². The predicted octanol–water partition coefficient (Wildman–Crippen LogP) is 4.52. The number of H-pyrrole nitrogens is 1. The maximum absolute atomic E-state index is 6.03. The van der Waals surface area contributed by atoms with Crippen molar-refractivity contribution < 1.29 is 4.74 Å². The Hall–Kier alpha value is -1.65. The van der Waals surface area contributed by atoms with Crippen LogP contribution in [-0.2, 0) is 5.75 Å². The molecule has 3 aromatic rings. The number of aromatic nitrogens is 2. The van der Waals surface area contributed by atoms with Gasteiger partial charge in [-0.1, -0.05) is 35.5 Å². The summed E-state index contributed by atoms with van der Waals surface area (Å²) in [7, 11) is 1.67. The van der Waals surface area contributed by atoms with Crippen molar-refractivity contribution in [2.75, 3.05) is 7.11 Å². The number of hydrogen-bond donors (Lipinski definition) is 1. The lowest BCUT2D eigenvalue weighted by molar-refractivity contribution is 0.411. The van der Waals surface area contributed by atoms with Gasteiger partial charge >= 0.3 is 0 Å². The Morgan fingerprint density at radius 2 is 2.10 bits per heavy atom. The highest BCUT2D eigenvalue weighted by atomic mass is 35.5. The molecule has 2 aromatic carbocycles. The third-order valence-electron chi connectivity index (χ3n) is 2.97. The van der Waals surface area contributed by atoms with Crippen molar-refractivity contribution in [1.29, 1.82) is 0 Å². The molecule has 0 spiro atoms. The van der Waals surface area contributed by atoms with Gasteiger partial charge in [-0.25, -0.2) is 4.98 Å². The zero-order valence-electron chi connectivity index (χ0n) is 10.9. The van der Waals surface area contributed by atoms with Crippen molar-refractivity contribution in [3.8, 4) is 5.75 Å². The third kappa shape index (κ3) is 2.76. The van der Waals surface area contributed by atoms with Gasteiger partial charge in [-0.15, -0.1) is 0 Å². The molecule has 0 radical (unpaired) electrons. The first-order chi connectivity index (χ1) is 9.76. The van der Waals surface area contributed by atoms with Crippen LogP contribution in [0, 0.1) is 0 Å². The Labute approximate surface area is 126 Å². The van der Waals surface area contributed by atoms with E-state index in [1.165, 1.54) is 0 Å². The van der Waals surface area contributed by atoms with E-state index >= 15 is 0 Å². The summed E-state index contributed by atoms with van der Waals surface area (Å²) < 4.78 is 5.35. The molecule has 0 saturated heterocycles. The highest BCUT2D eigenvalue weighted by Crippen LogP contribution is 2.29. The third-order valence-corrected chi connectivity index (χ3v) is 4.13. The molecular weight excluding hydrogens is 292 g/mol. The smallest absolute Gasteiger partial charge is 0.166 e. The van der Waals surface area contributed by atoms with E-state index in [9.17, 15) is 0 Å². The molecule has 0 aliphatic carbocycles. The number of fused-ring (bicyclic) bond motifs is 1. The van der Waals surface area contributed by atoms with E-state index in [0.29, 0.717) is 5.02 Å². The number of thioether (sulfide) groups is 1. The Morgan fingerprint density at radius 3 is 2.90 bits per heavy atom. The fraction of sp³-hybridized carbons (Fsp3) is 0.133. The van der Waals surface area contributed by atoms with Gasteiger partial charge < -0.3 is 9.72 Å². The summed E-state index contributed by atoms with van der Waals surface area (Å²) in [6.07, 6.45) is 0. The van der Waals surface area contributed by atoms with Crippen LogP contribution in [0.4, 0.5) is 0 Å². The second-order valence-electron chi connectivity index (χ2n) is 4.30. The summed E-state index contributed by atoms with van der Waals surface area (Å²) >= 11 is 7.66. The molecule has 20 heavy (non-hydrogen) atoms. The van der Waals surface area contributed by atoms with Gasteiger partial charge in [0.1, 0.15) is 5.75 Å². The zero-order chi connectivity index (χ0) is 13.9. The second kappa shape index (κ2) is 5.77. The molecule has 5 heteroatoms. The molecule has 102 valence electrons.